The van der Waals surface area contributed by atoms with Gasteiger partial charge in [-0.2, -0.15) is 0 Å². The first-order valence-electron chi connectivity index (χ1n) is 5.71. The fourth-order valence-corrected chi connectivity index (χ4v) is 1.29. The molecule has 0 aliphatic rings. The number of carbonyl (C=O) groups excluding carboxylic acids is 1. The normalized spacial score (nSPS) is 14.1. The molecule has 1 aromatic carbocycles. The van der Waals surface area contributed by atoms with E-state index in [1.54, 1.807) is 30.3 Å². The molecule has 0 aliphatic heterocycles. The molecular formula is C12H13NO5. The molecule has 6 heteroatoms. The van der Waals surface area contributed by atoms with E-state index in [9.17, 15) is 14.4 Å². The van der Waals surface area contributed by atoms with E-state index in [0.29, 0.717) is 5.56 Å². The van der Waals surface area contributed by atoms with E-state index in [0.717, 1.165) is 0 Å². The molecule has 0 saturated carbocycles. The van der Waals surface area contributed by atoms with Crippen molar-refractivity contribution >= 4 is 17.8 Å². The Hall–Kier alpha value is -2.37. The van der Waals surface area contributed by atoms with E-state index in [-0.39, 0.29) is 0 Å². The molecule has 0 bridgehead atoms. The van der Waals surface area contributed by atoms with Gasteiger partial charge in [0.05, 0.1) is 12.8 Å². The van der Waals surface area contributed by atoms with Crippen LogP contribution in [-0.4, -0.2) is 34.1 Å². The first kappa shape index (κ1) is 12.1. The minimum Gasteiger partial charge on any atom is -0.481 e. The van der Waals surface area contributed by atoms with Crippen LogP contribution in [0.5, 0.6) is 0 Å². The van der Waals surface area contributed by atoms with Crippen LogP contribution in [-0.2, 0) is 20.8 Å². The zero-order chi connectivity index (χ0) is 14.4. The zero-order valence-electron chi connectivity index (χ0n) is 10.4. The molecule has 0 radical (unpaired) electrons. The Morgan fingerprint density at radius 2 is 1.83 bits per heavy atom. The zero-order valence-corrected chi connectivity index (χ0v) is 9.37. The molecule has 96 valence electrons. The van der Waals surface area contributed by atoms with Crippen LogP contribution in [0.2, 0.25) is 0 Å². The van der Waals surface area contributed by atoms with Crippen molar-refractivity contribution < 1.29 is 26.0 Å². The minimum atomic E-state index is -1.54. The van der Waals surface area contributed by atoms with E-state index in [1.807, 2.05) is 5.32 Å². The van der Waals surface area contributed by atoms with Crippen molar-refractivity contribution in [3.05, 3.63) is 35.9 Å². The number of carboxylic acids is 2. The number of hydrogen-bond acceptors (Lipinski definition) is 3. The second-order valence-electron chi connectivity index (χ2n) is 3.55. The van der Waals surface area contributed by atoms with Gasteiger partial charge in [-0.05, 0) is 5.56 Å². The van der Waals surface area contributed by atoms with Crippen molar-refractivity contribution in [2.75, 3.05) is 0 Å². The smallest absolute Gasteiger partial charge is 0.326 e. The fourth-order valence-electron chi connectivity index (χ4n) is 1.29. The Labute approximate surface area is 105 Å². The van der Waals surface area contributed by atoms with Crippen molar-refractivity contribution in [3.8, 4) is 0 Å². The van der Waals surface area contributed by atoms with Crippen LogP contribution in [0, 0.1) is 0 Å². The first-order valence-corrected chi connectivity index (χ1v) is 5.14. The van der Waals surface area contributed by atoms with Crippen LogP contribution in [0.4, 0.5) is 0 Å². The Bertz CT molecular complexity index is 476. The first-order chi connectivity index (χ1) is 8.91. The molecule has 0 fully saturated rings. The summed E-state index contributed by atoms with van der Waals surface area (Å²) < 4.78 is 7.68. The molecule has 0 aromatic heterocycles. The van der Waals surface area contributed by atoms with Gasteiger partial charge < -0.3 is 15.5 Å². The highest BCUT2D eigenvalue weighted by molar-refractivity contribution is 5.87. The van der Waals surface area contributed by atoms with Crippen LogP contribution in [0.15, 0.2) is 30.3 Å². The lowest BCUT2D eigenvalue weighted by atomic mass is 10.1. The molecule has 0 heterocycles. The summed E-state index contributed by atoms with van der Waals surface area (Å²) >= 11 is 0. The molecule has 1 amide bonds. The lowest BCUT2D eigenvalue weighted by molar-refractivity contribution is -0.147. The molecule has 1 aromatic rings. The molecule has 0 spiro atoms. The fraction of sp³-hybridized carbons (Fsp3) is 0.250. The lowest BCUT2D eigenvalue weighted by Gasteiger charge is -2.12. The number of carboxylic acid groups (broad SMARTS) is 2. The van der Waals surface area contributed by atoms with Crippen LogP contribution in [0.3, 0.4) is 0 Å². The molecule has 0 saturated heterocycles. The summed E-state index contributed by atoms with van der Waals surface area (Å²) in [5.41, 5.74) is 0.402. The number of rotatable bonds is 6. The summed E-state index contributed by atoms with van der Waals surface area (Å²) in [4.78, 5) is 32.9. The third kappa shape index (κ3) is 4.65. The van der Waals surface area contributed by atoms with Gasteiger partial charge in [0.25, 0.3) is 0 Å². The second-order valence-corrected chi connectivity index (χ2v) is 3.55. The number of amides is 1. The van der Waals surface area contributed by atoms with Gasteiger partial charge >= 0.3 is 11.9 Å². The minimum absolute atomic E-state index is 0.402. The molecule has 2 atom stereocenters. The van der Waals surface area contributed by atoms with Gasteiger partial charge in [-0.15, -0.1) is 0 Å². The van der Waals surface area contributed by atoms with Gasteiger partial charge in [-0.3, -0.25) is 9.59 Å². The van der Waals surface area contributed by atoms with Gasteiger partial charge in [0.15, 0.2) is 0 Å². The van der Waals surface area contributed by atoms with Crippen molar-refractivity contribution in [1.82, 2.24) is 5.32 Å². The molecular weight excluding hydrogens is 238 g/mol. The second kappa shape index (κ2) is 6.39. The van der Waals surface area contributed by atoms with Crippen molar-refractivity contribution in [3.63, 3.8) is 0 Å². The highest BCUT2D eigenvalue weighted by atomic mass is 16.4. The molecule has 0 aliphatic carbocycles. The van der Waals surface area contributed by atoms with Crippen molar-refractivity contribution in [2.45, 2.75) is 18.9 Å². The van der Waals surface area contributed by atoms with E-state index in [4.69, 9.17) is 11.6 Å². The third-order valence-electron chi connectivity index (χ3n) is 2.09. The number of carbonyl (C=O) groups is 3. The number of hydrogen-bond donors (Lipinski definition) is 3. The maximum Gasteiger partial charge on any atom is 0.326 e. The molecule has 1 rings (SSSR count). The van der Waals surface area contributed by atoms with Crippen LogP contribution in [0.1, 0.15) is 13.4 Å². The van der Waals surface area contributed by atoms with Crippen LogP contribution < -0.4 is 5.32 Å². The number of benzene rings is 1. The number of aliphatic carboxylic acids is 2. The topological polar surface area (TPSA) is 104 Å². The van der Waals surface area contributed by atoms with E-state index >= 15 is 0 Å². The van der Waals surface area contributed by atoms with Crippen molar-refractivity contribution in [1.29, 1.82) is 0 Å². The third-order valence-corrected chi connectivity index (χ3v) is 2.09. The summed E-state index contributed by atoms with van der Waals surface area (Å²) in [6.45, 7) is 0. The highest BCUT2D eigenvalue weighted by Gasteiger charge is 2.22. The van der Waals surface area contributed by atoms with Crippen LogP contribution in [0.25, 0.3) is 0 Å². The highest BCUT2D eigenvalue weighted by Crippen LogP contribution is 2.00. The Kier molecular flexibility index (Phi) is 4.29. The largest absolute Gasteiger partial charge is 0.481 e. The summed E-state index contributed by atoms with van der Waals surface area (Å²) in [7, 11) is 0. The van der Waals surface area contributed by atoms with Gasteiger partial charge in [-0.1, -0.05) is 30.3 Å². The Morgan fingerprint density at radius 1 is 1.22 bits per heavy atom. The number of nitrogens with one attached hydrogen (secondary N) is 1. The lowest BCUT2D eigenvalue weighted by Crippen LogP contribution is -2.42. The van der Waals surface area contributed by atoms with E-state index < -0.39 is 36.7 Å². The summed E-state index contributed by atoms with van der Waals surface area (Å²) in [5, 5.41) is 19.4. The molecule has 18 heavy (non-hydrogen) atoms. The monoisotopic (exact) mass is 252 g/mol. The predicted molar refractivity (Wildman–Crippen MR) is 62.0 cm³/mol. The Morgan fingerprint density at radius 3 is 2.33 bits per heavy atom. The summed E-state index contributed by atoms with van der Waals surface area (Å²) in [6.07, 6.45) is -2.03. The maximum absolute atomic E-state index is 11.7. The quantitative estimate of drug-likeness (QED) is 0.674. The summed E-state index contributed by atoms with van der Waals surface area (Å²) in [5.74, 6) is -3.63. The van der Waals surface area contributed by atoms with Gasteiger partial charge in [-0.25, -0.2) is 4.79 Å². The Balaban J connectivity index is 2.72. The van der Waals surface area contributed by atoms with Gasteiger partial charge in [0.2, 0.25) is 5.91 Å². The summed E-state index contributed by atoms with van der Waals surface area (Å²) in [6, 6.07) is 6.60. The predicted octanol–water partition coefficient (Wildman–Crippen LogP) is 0.273. The maximum atomic E-state index is 11.7. The average molecular weight is 252 g/mol. The molecule has 3 N–H and O–H groups in total. The molecule has 1 unspecified atom stereocenters. The average Bonchev–Trinajstić information content (AvgIpc) is 2.37. The van der Waals surface area contributed by atoms with E-state index in [2.05, 4.69) is 0 Å². The van der Waals surface area contributed by atoms with Crippen LogP contribution >= 0.6 is 0 Å². The van der Waals surface area contributed by atoms with Gasteiger partial charge in [0.1, 0.15) is 6.04 Å². The molecule has 6 nitrogen and oxygen atoms in total. The van der Waals surface area contributed by atoms with Crippen molar-refractivity contribution in [2.24, 2.45) is 0 Å². The SMILES string of the molecule is [2H]C(C(=O)N[C@@H](CC(=O)O)C(=O)O)c1ccccc1. The van der Waals surface area contributed by atoms with E-state index in [1.165, 1.54) is 0 Å². The van der Waals surface area contributed by atoms with Gasteiger partial charge in [0, 0.05) is 1.37 Å². The standard InChI is InChI=1S/C12H13NO5/c14-10(6-8-4-2-1-3-5-8)13-9(12(17)18)7-11(15)16/h1-5,9H,6-7H2,(H,13,14)(H,15,16)(H,17,18)/t9-/m0/s1/i6D/t6?,9-.